The zero-order chi connectivity index (χ0) is 34.4. The van der Waals surface area contributed by atoms with E-state index in [1.165, 1.54) is 116 Å². The van der Waals surface area contributed by atoms with Crippen molar-refractivity contribution in [1.82, 2.24) is 10.2 Å². The van der Waals surface area contributed by atoms with E-state index in [0.29, 0.717) is 25.9 Å². The van der Waals surface area contributed by atoms with Crippen molar-refractivity contribution in [3.8, 4) is 0 Å². The van der Waals surface area contributed by atoms with Gasteiger partial charge in [0.1, 0.15) is 12.1 Å². The summed E-state index contributed by atoms with van der Waals surface area (Å²) in [6.45, 7) is 7.87. The molecule has 0 aromatic carbocycles. The second-order valence-corrected chi connectivity index (χ2v) is 14.6. The molecule has 0 bridgehead atoms. The van der Waals surface area contributed by atoms with Gasteiger partial charge in [-0.3, -0.25) is 14.5 Å². The molecule has 278 valence electrons. The Morgan fingerprint density at radius 2 is 1.11 bits per heavy atom. The number of nitrogens with zero attached hydrogens (tertiary/aromatic N) is 1. The highest BCUT2D eigenvalue weighted by molar-refractivity contribution is 5.85. The molecule has 1 aliphatic rings. The largest absolute Gasteiger partial charge is 0.460 e. The summed E-state index contributed by atoms with van der Waals surface area (Å²) in [5.41, 5.74) is 0. The van der Waals surface area contributed by atoms with Crippen LogP contribution in [0, 0.1) is 0 Å². The van der Waals surface area contributed by atoms with Crippen molar-refractivity contribution in [3.05, 3.63) is 0 Å². The molecule has 0 saturated carbocycles. The number of β-amino-alcohol motifs (C(OH)–C–C–N with tert-alkyl or cyclic N) is 1. The van der Waals surface area contributed by atoms with E-state index in [0.717, 1.165) is 44.9 Å². The quantitative estimate of drug-likeness (QED) is 0.0477. The van der Waals surface area contributed by atoms with Crippen LogP contribution in [0.5, 0.6) is 0 Å². The lowest BCUT2D eigenvalue weighted by Gasteiger charge is -2.39. The van der Waals surface area contributed by atoms with Crippen LogP contribution in [0.3, 0.4) is 0 Å². The first kappa shape index (κ1) is 43.8. The molecule has 4 atom stereocenters. The molecule has 7 nitrogen and oxygen atoms in total. The Kier molecular flexibility index (Phi) is 28.8. The van der Waals surface area contributed by atoms with Gasteiger partial charge in [-0.05, 0) is 25.7 Å². The molecule has 0 aliphatic carbocycles. The van der Waals surface area contributed by atoms with Crippen molar-refractivity contribution in [2.24, 2.45) is 0 Å². The van der Waals surface area contributed by atoms with Gasteiger partial charge in [0.25, 0.3) is 0 Å². The van der Waals surface area contributed by atoms with Crippen LogP contribution in [0.4, 0.5) is 0 Å². The van der Waals surface area contributed by atoms with E-state index in [1.807, 2.05) is 4.90 Å². The van der Waals surface area contributed by atoms with Gasteiger partial charge in [0, 0.05) is 19.6 Å². The monoisotopic (exact) mass is 667 g/mol. The van der Waals surface area contributed by atoms with E-state index in [-0.39, 0.29) is 30.9 Å². The van der Waals surface area contributed by atoms with E-state index in [9.17, 15) is 19.8 Å². The van der Waals surface area contributed by atoms with Crippen molar-refractivity contribution in [3.63, 3.8) is 0 Å². The highest BCUT2D eigenvalue weighted by atomic mass is 16.5. The lowest BCUT2D eigenvalue weighted by molar-refractivity contribution is -0.169. The van der Waals surface area contributed by atoms with Crippen molar-refractivity contribution in [1.29, 1.82) is 0 Å². The van der Waals surface area contributed by atoms with Gasteiger partial charge in [-0.1, -0.05) is 168 Å². The summed E-state index contributed by atoms with van der Waals surface area (Å²) in [6.07, 6.45) is 30.3. The lowest BCUT2D eigenvalue weighted by Crippen LogP contribution is -2.56. The number of hydrogen-bond acceptors (Lipinski definition) is 6. The van der Waals surface area contributed by atoms with E-state index >= 15 is 0 Å². The first-order chi connectivity index (χ1) is 22.9. The third-order valence-corrected chi connectivity index (χ3v) is 9.95. The number of unbranched alkanes of at least 4 members (excludes halogenated alkanes) is 21. The number of cyclic esters (lactones) is 1. The molecule has 1 aliphatic heterocycles. The number of aliphatic hydroxyl groups excluding tert-OH is 2. The average molecular weight is 667 g/mol. The van der Waals surface area contributed by atoms with Gasteiger partial charge in [-0.2, -0.15) is 0 Å². The molecular formula is C40H78N2O5. The van der Waals surface area contributed by atoms with Crippen molar-refractivity contribution >= 4 is 11.9 Å². The number of amides is 1. The number of morpholine rings is 1. The standard InChI is InChI=1S/C40H78N2O5/c1-4-7-10-13-16-19-22-25-28-35(43)32-41-39(45)31-38-40(46)47-37(30-27-24-21-18-15-12-9-6-3)34-42(38)33-36(44)29-26-23-20-17-14-11-8-5-2/h35-38,43-44H,4-34H2,1-3H3,(H,41,45). The summed E-state index contributed by atoms with van der Waals surface area (Å²) >= 11 is 0. The van der Waals surface area contributed by atoms with Crippen LogP contribution in [-0.4, -0.2) is 71.0 Å². The van der Waals surface area contributed by atoms with Crippen LogP contribution in [0.25, 0.3) is 0 Å². The Bertz CT molecular complexity index is 733. The first-order valence-corrected chi connectivity index (χ1v) is 20.5. The van der Waals surface area contributed by atoms with E-state index < -0.39 is 18.2 Å². The SMILES string of the molecule is CCCCCCCCCCC(O)CNC(=O)CC1C(=O)OC(CCCCCCCCCC)CN1CC(O)CCCCCCCCCC. The number of aliphatic hydroxyl groups is 2. The number of ether oxygens (including phenoxy) is 1. The van der Waals surface area contributed by atoms with Crippen LogP contribution in [0.15, 0.2) is 0 Å². The van der Waals surface area contributed by atoms with E-state index in [2.05, 4.69) is 26.1 Å². The Morgan fingerprint density at radius 3 is 1.60 bits per heavy atom. The second-order valence-electron chi connectivity index (χ2n) is 14.6. The summed E-state index contributed by atoms with van der Waals surface area (Å²) in [6, 6.07) is -0.692. The zero-order valence-corrected chi connectivity index (χ0v) is 31.3. The molecule has 47 heavy (non-hydrogen) atoms. The van der Waals surface area contributed by atoms with Gasteiger partial charge in [0.05, 0.1) is 18.6 Å². The van der Waals surface area contributed by atoms with Crippen LogP contribution in [0.2, 0.25) is 0 Å². The minimum absolute atomic E-state index is 0.00171. The third kappa shape index (κ3) is 24.6. The maximum Gasteiger partial charge on any atom is 0.324 e. The number of carbonyl (C=O) groups is 2. The molecular weight excluding hydrogens is 588 g/mol. The fourth-order valence-electron chi connectivity index (χ4n) is 6.86. The molecule has 1 amide bonds. The molecule has 0 aromatic rings. The van der Waals surface area contributed by atoms with Gasteiger partial charge < -0.3 is 20.3 Å². The molecule has 1 fully saturated rings. The van der Waals surface area contributed by atoms with Gasteiger partial charge in [0.15, 0.2) is 0 Å². The van der Waals surface area contributed by atoms with Crippen molar-refractivity contribution in [2.45, 2.75) is 225 Å². The number of carbonyl (C=O) groups excluding carboxylic acids is 2. The molecule has 0 spiro atoms. The van der Waals surface area contributed by atoms with Crippen LogP contribution < -0.4 is 5.32 Å². The Hall–Kier alpha value is -1.18. The fourth-order valence-corrected chi connectivity index (χ4v) is 6.86. The molecule has 0 aromatic heterocycles. The van der Waals surface area contributed by atoms with Crippen LogP contribution in [0.1, 0.15) is 201 Å². The molecule has 3 N–H and O–H groups in total. The van der Waals surface area contributed by atoms with Crippen molar-refractivity contribution < 1.29 is 24.5 Å². The topological polar surface area (TPSA) is 99.1 Å². The Balaban J connectivity index is 2.51. The summed E-state index contributed by atoms with van der Waals surface area (Å²) < 4.78 is 5.87. The molecule has 4 unspecified atom stereocenters. The molecule has 1 saturated heterocycles. The van der Waals surface area contributed by atoms with Gasteiger partial charge in [-0.15, -0.1) is 0 Å². The molecule has 1 heterocycles. The van der Waals surface area contributed by atoms with Crippen LogP contribution in [-0.2, 0) is 14.3 Å². The van der Waals surface area contributed by atoms with Crippen LogP contribution >= 0.6 is 0 Å². The Labute approximate surface area is 290 Å². The number of hydrogen-bond donors (Lipinski definition) is 3. The van der Waals surface area contributed by atoms with Gasteiger partial charge in [0.2, 0.25) is 5.91 Å². The Morgan fingerprint density at radius 1 is 0.681 bits per heavy atom. The van der Waals surface area contributed by atoms with E-state index in [1.54, 1.807) is 0 Å². The molecule has 0 radical (unpaired) electrons. The minimum Gasteiger partial charge on any atom is -0.460 e. The normalized spacial score (nSPS) is 18.3. The summed E-state index contributed by atoms with van der Waals surface area (Å²) in [4.78, 5) is 28.2. The number of rotatable bonds is 33. The smallest absolute Gasteiger partial charge is 0.324 e. The molecule has 1 rings (SSSR count). The van der Waals surface area contributed by atoms with Gasteiger partial charge in [-0.25, -0.2) is 0 Å². The fraction of sp³-hybridized carbons (Fsp3) is 0.950. The minimum atomic E-state index is -0.692. The predicted octanol–water partition coefficient (Wildman–Crippen LogP) is 9.40. The number of esters is 1. The highest BCUT2D eigenvalue weighted by Gasteiger charge is 2.38. The average Bonchev–Trinajstić information content (AvgIpc) is 3.05. The lowest BCUT2D eigenvalue weighted by atomic mass is 10.0. The highest BCUT2D eigenvalue weighted by Crippen LogP contribution is 2.22. The second kappa shape index (κ2) is 30.8. The van der Waals surface area contributed by atoms with Crippen molar-refractivity contribution in [2.75, 3.05) is 19.6 Å². The summed E-state index contributed by atoms with van der Waals surface area (Å²) in [7, 11) is 0. The van der Waals surface area contributed by atoms with Gasteiger partial charge >= 0.3 is 5.97 Å². The predicted molar refractivity (Wildman–Crippen MR) is 197 cm³/mol. The molecule has 7 heteroatoms. The first-order valence-electron chi connectivity index (χ1n) is 20.5. The zero-order valence-electron chi connectivity index (χ0n) is 31.3. The third-order valence-electron chi connectivity index (χ3n) is 9.95. The maximum absolute atomic E-state index is 13.2. The maximum atomic E-state index is 13.2. The van der Waals surface area contributed by atoms with E-state index in [4.69, 9.17) is 4.74 Å². The summed E-state index contributed by atoms with van der Waals surface area (Å²) in [5, 5.41) is 24.2. The summed E-state index contributed by atoms with van der Waals surface area (Å²) in [5.74, 6) is -0.597. The number of nitrogens with one attached hydrogen (secondary N) is 1.